The molecule has 2 aromatic heterocycles. The van der Waals surface area contributed by atoms with Crippen molar-refractivity contribution in [3.63, 3.8) is 0 Å². The second-order valence-corrected chi connectivity index (χ2v) is 7.79. The topological polar surface area (TPSA) is 97.8 Å². The number of aromatic nitrogens is 4. The Morgan fingerprint density at radius 2 is 2.00 bits per heavy atom. The largest absolute Gasteiger partial charge is 0.497 e. The van der Waals surface area contributed by atoms with Gasteiger partial charge in [0.05, 0.1) is 18.4 Å². The summed E-state index contributed by atoms with van der Waals surface area (Å²) in [5, 5.41) is 21.5. The third kappa shape index (κ3) is 4.49. The van der Waals surface area contributed by atoms with Gasteiger partial charge in [-0.25, -0.2) is 0 Å². The molecule has 0 saturated heterocycles. The van der Waals surface area contributed by atoms with E-state index in [1.165, 1.54) is 11.8 Å². The van der Waals surface area contributed by atoms with E-state index >= 15 is 0 Å². The number of aryl methyl sites for hydroxylation is 1. The molecule has 0 aliphatic carbocycles. The van der Waals surface area contributed by atoms with Crippen LogP contribution in [0.4, 0.5) is 5.82 Å². The Hall–Kier alpha value is -3.51. The number of nitrogens with one attached hydrogen (secondary N) is 1. The van der Waals surface area contributed by atoms with E-state index in [4.69, 9.17) is 4.74 Å². The summed E-state index contributed by atoms with van der Waals surface area (Å²) in [5.41, 5.74) is 2.97. The molecule has 160 valence electrons. The quantitative estimate of drug-likeness (QED) is 0.426. The van der Waals surface area contributed by atoms with Gasteiger partial charge < -0.3 is 14.6 Å². The molecule has 1 amide bonds. The third-order valence-corrected chi connectivity index (χ3v) is 5.93. The first-order valence-corrected chi connectivity index (χ1v) is 10.6. The van der Waals surface area contributed by atoms with Crippen LogP contribution in [0.25, 0.3) is 5.69 Å². The van der Waals surface area contributed by atoms with Crippen molar-refractivity contribution in [2.75, 3.05) is 18.2 Å². The van der Waals surface area contributed by atoms with Crippen molar-refractivity contribution in [1.82, 2.24) is 19.3 Å². The molecule has 2 heterocycles. The Kier molecular flexibility index (Phi) is 6.82. The van der Waals surface area contributed by atoms with Crippen molar-refractivity contribution in [2.45, 2.75) is 32.5 Å². The number of carbonyl (C=O) groups is 1. The molecule has 0 bridgehead atoms. The Morgan fingerprint density at radius 3 is 2.61 bits per heavy atom. The molecule has 0 unspecified atom stereocenters. The van der Waals surface area contributed by atoms with Gasteiger partial charge in [-0.2, -0.15) is 5.26 Å². The number of allylic oxidation sites excluding steroid dienone is 1. The van der Waals surface area contributed by atoms with Gasteiger partial charge in [-0.3, -0.25) is 9.36 Å². The number of ether oxygens (including phenoxy) is 1. The van der Waals surface area contributed by atoms with Crippen LogP contribution in [-0.4, -0.2) is 38.1 Å². The van der Waals surface area contributed by atoms with Crippen molar-refractivity contribution in [2.24, 2.45) is 0 Å². The Balaban J connectivity index is 1.86. The van der Waals surface area contributed by atoms with Crippen molar-refractivity contribution in [3.05, 3.63) is 59.6 Å². The van der Waals surface area contributed by atoms with Gasteiger partial charge in [0.1, 0.15) is 23.5 Å². The SMILES string of the molecule is C=CCn1c(C)nnc1SCC(=O)Nc1c(C#N)c(C)c(C)n1-c1ccc(OC)cc1. The molecule has 0 aliphatic rings. The van der Waals surface area contributed by atoms with E-state index in [-0.39, 0.29) is 11.7 Å². The van der Waals surface area contributed by atoms with Crippen LogP contribution in [-0.2, 0) is 11.3 Å². The Labute approximate surface area is 185 Å². The van der Waals surface area contributed by atoms with Crippen LogP contribution in [0, 0.1) is 32.1 Å². The summed E-state index contributed by atoms with van der Waals surface area (Å²) in [5.74, 6) is 1.84. The van der Waals surface area contributed by atoms with Crippen molar-refractivity contribution < 1.29 is 9.53 Å². The number of carbonyl (C=O) groups excluding carboxylic acids is 1. The van der Waals surface area contributed by atoms with Gasteiger partial charge in [0.25, 0.3) is 0 Å². The molecule has 0 aliphatic heterocycles. The lowest BCUT2D eigenvalue weighted by atomic mass is 10.2. The highest BCUT2D eigenvalue weighted by atomic mass is 32.2. The summed E-state index contributed by atoms with van der Waals surface area (Å²) >= 11 is 1.29. The zero-order valence-corrected chi connectivity index (χ0v) is 18.8. The average Bonchev–Trinajstić information content (AvgIpc) is 3.23. The van der Waals surface area contributed by atoms with E-state index in [1.807, 2.05) is 54.2 Å². The molecule has 0 fully saturated rings. The van der Waals surface area contributed by atoms with Crippen LogP contribution >= 0.6 is 11.8 Å². The van der Waals surface area contributed by atoms with Crippen molar-refractivity contribution >= 4 is 23.5 Å². The number of anilines is 1. The highest BCUT2D eigenvalue weighted by molar-refractivity contribution is 7.99. The fraction of sp³-hybridized carbons (Fsp3) is 0.273. The number of hydrogen-bond acceptors (Lipinski definition) is 6. The van der Waals surface area contributed by atoms with Gasteiger partial charge in [0.2, 0.25) is 5.91 Å². The number of nitrogens with zero attached hydrogens (tertiary/aromatic N) is 5. The highest BCUT2D eigenvalue weighted by Gasteiger charge is 2.21. The first-order valence-electron chi connectivity index (χ1n) is 9.61. The van der Waals surface area contributed by atoms with E-state index in [0.29, 0.717) is 23.1 Å². The summed E-state index contributed by atoms with van der Waals surface area (Å²) in [6, 6.07) is 9.67. The molecule has 3 rings (SSSR count). The normalized spacial score (nSPS) is 10.5. The summed E-state index contributed by atoms with van der Waals surface area (Å²) in [6.45, 7) is 9.96. The maximum atomic E-state index is 12.8. The Bertz CT molecular complexity index is 1150. The molecule has 0 atom stereocenters. The minimum atomic E-state index is -0.237. The molecule has 0 spiro atoms. The molecule has 3 aromatic rings. The molecule has 8 nitrogen and oxygen atoms in total. The smallest absolute Gasteiger partial charge is 0.236 e. The number of thioether (sulfide) groups is 1. The maximum absolute atomic E-state index is 12.8. The zero-order chi connectivity index (χ0) is 22.5. The molecule has 1 N–H and O–H groups in total. The first-order chi connectivity index (χ1) is 14.9. The fourth-order valence-corrected chi connectivity index (χ4v) is 4.01. The minimum absolute atomic E-state index is 0.131. The molecule has 0 radical (unpaired) electrons. The first kappa shape index (κ1) is 22.2. The van der Waals surface area contributed by atoms with Gasteiger partial charge in [-0.1, -0.05) is 17.8 Å². The van der Waals surface area contributed by atoms with E-state index < -0.39 is 0 Å². The van der Waals surface area contributed by atoms with Crippen LogP contribution in [0.5, 0.6) is 5.75 Å². The lowest BCUT2D eigenvalue weighted by Crippen LogP contribution is -2.18. The predicted molar refractivity (Wildman–Crippen MR) is 121 cm³/mol. The number of rotatable bonds is 8. The van der Waals surface area contributed by atoms with E-state index in [0.717, 1.165) is 28.5 Å². The monoisotopic (exact) mass is 436 g/mol. The lowest BCUT2D eigenvalue weighted by Gasteiger charge is -2.14. The van der Waals surface area contributed by atoms with Crippen molar-refractivity contribution in [3.8, 4) is 17.5 Å². The second kappa shape index (κ2) is 9.53. The van der Waals surface area contributed by atoms with Gasteiger partial charge in [0.15, 0.2) is 5.16 Å². The summed E-state index contributed by atoms with van der Waals surface area (Å²) in [7, 11) is 1.61. The van der Waals surface area contributed by atoms with Crippen LogP contribution in [0.3, 0.4) is 0 Å². The summed E-state index contributed by atoms with van der Waals surface area (Å²) in [6.07, 6.45) is 1.76. The van der Waals surface area contributed by atoms with Crippen LogP contribution in [0.1, 0.15) is 22.6 Å². The Morgan fingerprint density at radius 1 is 1.29 bits per heavy atom. The van der Waals surface area contributed by atoms with Gasteiger partial charge in [-0.15, -0.1) is 16.8 Å². The molecule has 31 heavy (non-hydrogen) atoms. The third-order valence-electron chi connectivity index (χ3n) is 4.96. The number of nitriles is 1. The number of hydrogen-bond donors (Lipinski definition) is 1. The molecule has 1 aromatic carbocycles. The van der Waals surface area contributed by atoms with Crippen LogP contribution in [0.2, 0.25) is 0 Å². The molecular formula is C22H24N6O2S. The van der Waals surface area contributed by atoms with E-state index in [9.17, 15) is 10.1 Å². The van der Waals surface area contributed by atoms with E-state index in [2.05, 4.69) is 28.2 Å². The van der Waals surface area contributed by atoms with Gasteiger partial charge in [0, 0.05) is 17.9 Å². The summed E-state index contributed by atoms with van der Waals surface area (Å²) in [4.78, 5) is 12.8. The zero-order valence-electron chi connectivity index (χ0n) is 18.0. The maximum Gasteiger partial charge on any atom is 0.236 e. The molecule has 0 saturated carbocycles. The predicted octanol–water partition coefficient (Wildman–Crippen LogP) is 3.79. The average molecular weight is 437 g/mol. The number of benzene rings is 1. The lowest BCUT2D eigenvalue weighted by molar-refractivity contribution is -0.113. The minimum Gasteiger partial charge on any atom is -0.497 e. The van der Waals surface area contributed by atoms with Gasteiger partial charge in [-0.05, 0) is 50.6 Å². The van der Waals surface area contributed by atoms with Crippen molar-refractivity contribution in [1.29, 1.82) is 5.26 Å². The van der Waals surface area contributed by atoms with Crippen LogP contribution < -0.4 is 10.1 Å². The number of amides is 1. The van der Waals surface area contributed by atoms with Gasteiger partial charge >= 0.3 is 0 Å². The second-order valence-electron chi connectivity index (χ2n) is 6.85. The van der Waals surface area contributed by atoms with E-state index in [1.54, 1.807) is 13.2 Å². The molecular weight excluding hydrogens is 412 g/mol. The molecule has 9 heteroatoms. The summed E-state index contributed by atoms with van der Waals surface area (Å²) < 4.78 is 8.99. The van der Waals surface area contributed by atoms with Crippen LogP contribution in [0.15, 0.2) is 42.1 Å². The fourth-order valence-electron chi connectivity index (χ4n) is 3.22. The highest BCUT2D eigenvalue weighted by Crippen LogP contribution is 2.31. The number of methoxy groups -OCH3 is 1. The standard InChI is InChI=1S/C22H24N6O2S/c1-6-11-27-16(4)25-26-22(27)31-13-20(29)24-21-19(12-23)14(2)15(3)28(21)17-7-9-18(30-5)10-8-17/h6-10H,1,11,13H2,2-5H3,(H,24,29).